The molecule has 0 aromatic carbocycles. The van der Waals surface area contributed by atoms with Crippen molar-refractivity contribution in [1.29, 1.82) is 0 Å². The van der Waals surface area contributed by atoms with Crippen LogP contribution in [0.2, 0.25) is 0 Å². The molecule has 0 aliphatic heterocycles. The summed E-state index contributed by atoms with van der Waals surface area (Å²) >= 11 is 0. The van der Waals surface area contributed by atoms with Crippen LogP contribution in [0.25, 0.3) is 0 Å². The van der Waals surface area contributed by atoms with Crippen LogP contribution in [0, 0.1) is 11.8 Å². The predicted octanol–water partition coefficient (Wildman–Crippen LogP) is 3.70. The number of aromatic nitrogens is 2. The van der Waals surface area contributed by atoms with E-state index in [0.29, 0.717) is 12.1 Å². The van der Waals surface area contributed by atoms with Gasteiger partial charge in [-0.05, 0) is 44.9 Å². The Balaban J connectivity index is 2.13. The van der Waals surface area contributed by atoms with E-state index in [1.165, 1.54) is 19.3 Å². The average Bonchev–Trinajstić information content (AvgIpc) is 2.63. The van der Waals surface area contributed by atoms with Crippen LogP contribution < -0.4 is 5.32 Å². The highest BCUT2D eigenvalue weighted by atomic mass is 15.2. The van der Waals surface area contributed by atoms with Gasteiger partial charge in [0.25, 0.3) is 0 Å². The molecule has 0 amide bonds. The van der Waals surface area contributed by atoms with Gasteiger partial charge in [0.2, 0.25) is 5.95 Å². The summed E-state index contributed by atoms with van der Waals surface area (Å²) in [6, 6.07) is 1.06. The minimum atomic E-state index is 0.439. The van der Waals surface area contributed by atoms with Crippen molar-refractivity contribution < 1.29 is 0 Å². The second-order valence-corrected chi connectivity index (χ2v) is 6.03. The lowest BCUT2D eigenvalue weighted by atomic mass is 9.80. The molecule has 0 bridgehead atoms. The summed E-state index contributed by atoms with van der Waals surface area (Å²) in [5.74, 6) is 2.70. The zero-order valence-corrected chi connectivity index (χ0v) is 11.5. The van der Waals surface area contributed by atoms with Crippen LogP contribution in [0.3, 0.4) is 0 Å². The van der Waals surface area contributed by atoms with Gasteiger partial charge in [-0.3, -0.25) is 0 Å². The van der Waals surface area contributed by atoms with Crippen molar-refractivity contribution in [3.05, 3.63) is 12.4 Å². The SMILES string of the molecule is CC1CC(C)CC(n2ccnc2NC(C)C)C1. The van der Waals surface area contributed by atoms with Gasteiger partial charge in [0.05, 0.1) is 0 Å². The van der Waals surface area contributed by atoms with Crippen molar-refractivity contribution in [2.75, 3.05) is 5.32 Å². The maximum absolute atomic E-state index is 4.43. The summed E-state index contributed by atoms with van der Waals surface area (Å²) < 4.78 is 2.34. The molecule has 1 heterocycles. The smallest absolute Gasteiger partial charge is 0.203 e. The van der Waals surface area contributed by atoms with E-state index in [0.717, 1.165) is 17.8 Å². The van der Waals surface area contributed by atoms with E-state index in [-0.39, 0.29) is 0 Å². The lowest BCUT2D eigenvalue weighted by molar-refractivity contribution is 0.222. The summed E-state index contributed by atoms with van der Waals surface area (Å²) in [6.45, 7) is 9.06. The highest BCUT2D eigenvalue weighted by Crippen LogP contribution is 2.37. The van der Waals surface area contributed by atoms with Crippen LogP contribution in [-0.2, 0) is 0 Å². The van der Waals surface area contributed by atoms with Crippen LogP contribution >= 0.6 is 0 Å². The molecule has 1 N–H and O–H groups in total. The molecule has 0 radical (unpaired) electrons. The van der Waals surface area contributed by atoms with Crippen LogP contribution in [0.15, 0.2) is 12.4 Å². The van der Waals surface area contributed by atoms with E-state index in [9.17, 15) is 0 Å². The molecule has 0 saturated heterocycles. The van der Waals surface area contributed by atoms with Gasteiger partial charge in [-0.2, -0.15) is 0 Å². The lowest BCUT2D eigenvalue weighted by Crippen LogP contribution is -2.24. The van der Waals surface area contributed by atoms with E-state index in [1.807, 2.05) is 6.20 Å². The number of nitrogens with one attached hydrogen (secondary N) is 1. The van der Waals surface area contributed by atoms with Gasteiger partial charge in [0, 0.05) is 24.5 Å². The fraction of sp³-hybridized carbons (Fsp3) is 0.786. The molecule has 2 unspecified atom stereocenters. The largest absolute Gasteiger partial charge is 0.353 e. The first kappa shape index (κ1) is 12.5. The topological polar surface area (TPSA) is 29.9 Å². The third-order valence-corrected chi connectivity index (χ3v) is 3.63. The molecule has 2 rings (SSSR count). The van der Waals surface area contributed by atoms with Crippen molar-refractivity contribution in [3.63, 3.8) is 0 Å². The Labute approximate surface area is 105 Å². The first-order valence-electron chi connectivity index (χ1n) is 6.85. The number of imidazole rings is 1. The Bertz CT molecular complexity index is 346. The Morgan fingerprint density at radius 1 is 1.24 bits per heavy atom. The number of anilines is 1. The Morgan fingerprint density at radius 3 is 2.47 bits per heavy atom. The molecule has 1 aliphatic carbocycles. The fourth-order valence-electron chi connectivity index (χ4n) is 3.11. The summed E-state index contributed by atoms with van der Waals surface area (Å²) in [5, 5.41) is 3.43. The van der Waals surface area contributed by atoms with Gasteiger partial charge in [-0.1, -0.05) is 13.8 Å². The Kier molecular flexibility index (Phi) is 3.75. The van der Waals surface area contributed by atoms with Crippen LogP contribution in [-0.4, -0.2) is 15.6 Å². The van der Waals surface area contributed by atoms with E-state index in [2.05, 4.69) is 48.8 Å². The first-order valence-corrected chi connectivity index (χ1v) is 6.85. The monoisotopic (exact) mass is 235 g/mol. The molecule has 17 heavy (non-hydrogen) atoms. The van der Waals surface area contributed by atoms with E-state index >= 15 is 0 Å². The quantitative estimate of drug-likeness (QED) is 0.865. The number of hydrogen-bond donors (Lipinski definition) is 1. The van der Waals surface area contributed by atoms with Crippen LogP contribution in [0.1, 0.15) is 53.0 Å². The molecule has 1 saturated carbocycles. The molecule has 96 valence electrons. The van der Waals surface area contributed by atoms with Gasteiger partial charge in [-0.25, -0.2) is 4.98 Å². The highest BCUT2D eigenvalue weighted by molar-refractivity contribution is 5.27. The van der Waals surface area contributed by atoms with Crippen LogP contribution in [0.4, 0.5) is 5.95 Å². The second kappa shape index (κ2) is 5.11. The first-order chi connectivity index (χ1) is 8.06. The Hall–Kier alpha value is -0.990. The zero-order chi connectivity index (χ0) is 12.4. The molecule has 1 fully saturated rings. The van der Waals surface area contributed by atoms with Gasteiger partial charge in [0.1, 0.15) is 0 Å². The molecule has 1 aromatic heterocycles. The normalized spacial score (nSPS) is 29.6. The average molecular weight is 235 g/mol. The van der Waals surface area contributed by atoms with Crippen molar-refractivity contribution in [2.24, 2.45) is 11.8 Å². The summed E-state index contributed by atoms with van der Waals surface area (Å²) in [6.07, 6.45) is 7.98. The fourth-order valence-corrected chi connectivity index (χ4v) is 3.11. The number of rotatable bonds is 3. The summed E-state index contributed by atoms with van der Waals surface area (Å²) in [4.78, 5) is 4.43. The molecule has 2 atom stereocenters. The molecular formula is C14H25N3. The second-order valence-electron chi connectivity index (χ2n) is 6.03. The number of nitrogens with zero attached hydrogens (tertiary/aromatic N) is 2. The van der Waals surface area contributed by atoms with E-state index in [1.54, 1.807) is 0 Å². The maximum atomic E-state index is 4.43. The minimum Gasteiger partial charge on any atom is -0.353 e. The molecule has 1 aliphatic rings. The van der Waals surface area contributed by atoms with E-state index in [4.69, 9.17) is 0 Å². The summed E-state index contributed by atoms with van der Waals surface area (Å²) in [7, 11) is 0. The number of hydrogen-bond acceptors (Lipinski definition) is 2. The zero-order valence-electron chi connectivity index (χ0n) is 11.5. The van der Waals surface area contributed by atoms with Crippen molar-refractivity contribution in [1.82, 2.24) is 9.55 Å². The third-order valence-electron chi connectivity index (χ3n) is 3.63. The van der Waals surface area contributed by atoms with Gasteiger partial charge < -0.3 is 9.88 Å². The predicted molar refractivity (Wildman–Crippen MR) is 72.2 cm³/mol. The van der Waals surface area contributed by atoms with Gasteiger partial charge in [-0.15, -0.1) is 0 Å². The van der Waals surface area contributed by atoms with Crippen molar-refractivity contribution in [3.8, 4) is 0 Å². The minimum absolute atomic E-state index is 0.439. The van der Waals surface area contributed by atoms with Crippen LogP contribution in [0.5, 0.6) is 0 Å². The molecular weight excluding hydrogens is 210 g/mol. The molecule has 3 nitrogen and oxygen atoms in total. The van der Waals surface area contributed by atoms with Gasteiger partial charge >= 0.3 is 0 Å². The van der Waals surface area contributed by atoms with Crippen molar-refractivity contribution >= 4 is 5.95 Å². The summed E-state index contributed by atoms with van der Waals surface area (Å²) in [5.41, 5.74) is 0. The van der Waals surface area contributed by atoms with Crippen molar-refractivity contribution in [2.45, 2.75) is 59.0 Å². The highest BCUT2D eigenvalue weighted by Gasteiger charge is 2.26. The molecule has 1 aromatic rings. The Morgan fingerprint density at radius 2 is 1.88 bits per heavy atom. The standard InChI is InChI=1S/C14H25N3/c1-10(2)16-14-15-5-6-17(14)13-8-11(3)7-12(4)9-13/h5-6,10-13H,7-9H2,1-4H3,(H,15,16). The maximum Gasteiger partial charge on any atom is 0.203 e. The third kappa shape index (κ3) is 3.02. The molecule has 0 spiro atoms. The lowest BCUT2D eigenvalue weighted by Gasteiger charge is -2.33. The molecule has 3 heteroatoms. The van der Waals surface area contributed by atoms with Gasteiger partial charge in [0.15, 0.2) is 0 Å². The van der Waals surface area contributed by atoms with E-state index < -0.39 is 0 Å².